The molecule has 0 fully saturated rings. The standard InChI is InChI=1S/C8H6FN3.C2H7N/c9-7-3-1-2-6(4-7)8-5-10-12-11-8;1-2-3/h1-5H,(H,10,11,12);2-3H2,1H3. The van der Waals surface area contributed by atoms with Crippen LogP contribution in [0.25, 0.3) is 11.3 Å². The summed E-state index contributed by atoms with van der Waals surface area (Å²) >= 11 is 0. The first kappa shape index (κ1) is 11.3. The number of H-pyrrole nitrogens is 1. The third kappa shape index (κ3) is 3.47. The second kappa shape index (κ2) is 5.87. The number of nitrogens with one attached hydrogen (secondary N) is 1. The van der Waals surface area contributed by atoms with Crippen LogP contribution in [0.1, 0.15) is 6.92 Å². The van der Waals surface area contributed by atoms with Crippen LogP contribution in [-0.4, -0.2) is 22.0 Å². The second-order valence-corrected chi connectivity index (χ2v) is 2.77. The Balaban J connectivity index is 0.000000337. The van der Waals surface area contributed by atoms with Crippen molar-refractivity contribution in [2.75, 3.05) is 6.54 Å². The van der Waals surface area contributed by atoms with E-state index in [2.05, 4.69) is 15.4 Å². The van der Waals surface area contributed by atoms with E-state index in [1.807, 2.05) is 6.92 Å². The molecule has 4 nitrogen and oxygen atoms in total. The first-order valence-corrected chi connectivity index (χ1v) is 4.59. The molecule has 0 atom stereocenters. The Kier molecular flexibility index (Phi) is 4.43. The molecule has 1 aromatic carbocycles. The first-order valence-electron chi connectivity index (χ1n) is 4.59. The fraction of sp³-hybridized carbons (Fsp3) is 0.200. The molecule has 1 heterocycles. The summed E-state index contributed by atoms with van der Waals surface area (Å²) in [6.07, 6.45) is 1.55. The molecular formula is C10H13FN4. The van der Waals surface area contributed by atoms with Crippen LogP contribution >= 0.6 is 0 Å². The highest BCUT2D eigenvalue weighted by Gasteiger charge is 2.00. The number of rotatable bonds is 1. The molecule has 0 radical (unpaired) electrons. The average Bonchev–Trinajstić information content (AvgIpc) is 2.71. The fourth-order valence-electron chi connectivity index (χ4n) is 0.989. The maximum atomic E-state index is 12.7. The molecule has 5 heteroatoms. The lowest BCUT2D eigenvalue weighted by Gasteiger charge is -1.93. The highest BCUT2D eigenvalue weighted by atomic mass is 19.1. The SMILES string of the molecule is CCN.Fc1cccc(-c2cn[nH]n2)c1. The molecule has 1 aromatic heterocycles. The molecule has 0 spiro atoms. The molecule has 80 valence electrons. The summed E-state index contributed by atoms with van der Waals surface area (Å²) in [6, 6.07) is 6.22. The Morgan fingerprint density at radius 2 is 2.20 bits per heavy atom. The van der Waals surface area contributed by atoms with Crippen LogP contribution in [0.4, 0.5) is 4.39 Å². The van der Waals surface area contributed by atoms with E-state index in [9.17, 15) is 4.39 Å². The lowest BCUT2D eigenvalue weighted by atomic mass is 10.2. The van der Waals surface area contributed by atoms with Crippen molar-refractivity contribution >= 4 is 0 Å². The van der Waals surface area contributed by atoms with E-state index in [0.717, 1.165) is 12.1 Å². The van der Waals surface area contributed by atoms with Gasteiger partial charge in [0, 0.05) is 5.56 Å². The van der Waals surface area contributed by atoms with Gasteiger partial charge in [0.1, 0.15) is 11.5 Å². The van der Waals surface area contributed by atoms with E-state index < -0.39 is 0 Å². The largest absolute Gasteiger partial charge is 0.331 e. The molecule has 2 aromatic rings. The molecule has 0 aliphatic carbocycles. The zero-order chi connectivity index (χ0) is 11.1. The predicted molar refractivity (Wildman–Crippen MR) is 56.5 cm³/mol. The zero-order valence-corrected chi connectivity index (χ0v) is 8.44. The van der Waals surface area contributed by atoms with Gasteiger partial charge < -0.3 is 5.73 Å². The summed E-state index contributed by atoms with van der Waals surface area (Å²) in [5.74, 6) is -0.268. The Morgan fingerprint density at radius 3 is 2.73 bits per heavy atom. The van der Waals surface area contributed by atoms with Crippen molar-refractivity contribution in [1.82, 2.24) is 15.4 Å². The van der Waals surface area contributed by atoms with Crippen LogP contribution in [0.3, 0.4) is 0 Å². The minimum Gasteiger partial charge on any atom is -0.331 e. The van der Waals surface area contributed by atoms with Gasteiger partial charge >= 0.3 is 0 Å². The van der Waals surface area contributed by atoms with Crippen molar-refractivity contribution in [3.8, 4) is 11.3 Å². The van der Waals surface area contributed by atoms with Crippen molar-refractivity contribution in [3.05, 3.63) is 36.3 Å². The van der Waals surface area contributed by atoms with E-state index in [1.54, 1.807) is 18.3 Å². The number of nitrogens with two attached hydrogens (primary N) is 1. The molecule has 0 aliphatic heterocycles. The first-order chi connectivity index (χ1) is 7.27. The minimum atomic E-state index is -0.268. The van der Waals surface area contributed by atoms with Gasteiger partial charge in [0.25, 0.3) is 0 Å². The summed E-state index contributed by atoms with van der Waals surface area (Å²) < 4.78 is 12.7. The summed E-state index contributed by atoms with van der Waals surface area (Å²) in [5, 5.41) is 9.92. The quantitative estimate of drug-likeness (QED) is 0.747. The Bertz CT molecular complexity index is 386. The van der Waals surface area contributed by atoms with E-state index in [-0.39, 0.29) is 5.82 Å². The molecule has 0 unspecified atom stereocenters. The molecule has 0 saturated carbocycles. The fourth-order valence-corrected chi connectivity index (χ4v) is 0.989. The van der Waals surface area contributed by atoms with E-state index in [1.165, 1.54) is 12.1 Å². The minimum absolute atomic E-state index is 0.268. The van der Waals surface area contributed by atoms with Crippen LogP contribution in [0.2, 0.25) is 0 Å². The molecule has 0 amide bonds. The predicted octanol–water partition coefficient (Wildman–Crippen LogP) is 1.58. The Labute approximate surface area is 87.3 Å². The van der Waals surface area contributed by atoms with Gasteiger partial charge in [0.05, 0.1) is 6.20 Å². The number of hydrogen-bond acceptors (Lipinski definition) is 3. The average molecular weight is 208 g/mol. The summed E-state index contributed by atoms with van der Waals surface area (Å²) in [5.41, 5.74) is 6.22. The third-order valence-electron chi connectivity index (χ3n) is 1.54. The van der Waals surface area contributed by atoms with Crippen molar-refractivity contribution in [3.63, 3.8) is 0 Å². The summed E-state index contributed by atoms with van der Waals surface area (Å²) in [4.78, 5) is 0. The molecule has 0 saturated heterocycles. The molecule has 15 heavy (non-hydrogen) atoms. The van der Waals surface area contributed by atoms with Crippen LogP contribution in [0.15, 0.2) is 30.5 Å². The van der Waals surface area contributed by atoms with Gasteiger partial charge in [0.15, 0.2) is 0 Å². The summed E-state index contributed by atoms with van der Waals surface area (Å²) in [6.45, 7) is 2.65. The van der Waals surface area contributed by atoms with Gasteiger partial charge in [-0.1, -0.05) is 19.1 Å². The van der Waals surface area contributed by atoms with Gasteiger partial charge in [-0.3, -0.25) is 0 Å². The number of halogens is 1. The van der Waals surface area contributed by atoms with Crippen molar-refractivity contribution in [2.45, 2.75) is 6.92 Å². The van der Waals surface area contributed by atoms with Crippen LogP contribution < -0.4 is 5.73 Å². The highest BCUT2D eigenvalue weighted by Crippen LogP contribution is 2.15. The Morgan fingerprint density at radius 1 is 1.47 bits per heavy atom. The van der Waals surface area contributed by atoms with Crippen LogP contribution in [0, 0.1) is 5.82 Å². The second-order valence-electron chi connectivity index (χ2n) is 2.77. The maximum Gasteiger partial charge on any atom is 0.123 e. The lowest BCUT2D eigenvalue weighted by Crippen LogP contribution is -1.87. The molecular weight excluding hydrogens is 195 g/mol. The Hall–Kier alpha value is -1.75. The number of aromatic nitrogens is 3. The zero-order valence-electron chi connectivity index (χ0n) is 8.44. The molecule has 2 rings (SSSR count). The molecule has 0 aliphatic rings. The topological polar surface area (TPSA) is 67.6 Å². The highest BCUT2D eigenvalue weighted by molar-refractivity contribution is 5.57. The monoisotopic (exact) mass is 208 g/mol. The van der Waals surface area contributed by atoms with E-state index in [4.69, 9.17) is 5.73 Å². The van der Waals surface area contributed by atoms with Gasteiger partial charge in [-0.25, -0.2) is 4.39 Å². The van der Waals surface area contributed by atoms with Crippen molar-refractivity contribution < 1.29 is 4.39 Å². The van der Waals surface area contributed by atoms with E-state index in [0.29, 0.717) is 5.69 Å². The third-order valence-corrected chi connectivity index (χ3v) is 1.54. The smallest absolute Gasteiger partial charge is 0.123 e. The summed E-state index contributed by atoms with van der Waals surface area (Å²) in [7, 11) is 0. The van der Waals surface area contributed by atoms with Crippen molar-refractivity contribution in [1.29, 1.82) is 0 Å². The van der Waals surface area contributed by atoms with Gasteiger partial charge in [0.2, 0.25) is 0 Å². The van der Waals surface area contributed by atoms with Gasteiger partial charge in [-0.05, 0) is 18.7 Å². The van der Waals surface area contributed by atoms with Gasteiger partial charge in [-0.2, -0.15) is 15.4 Å². The number of nitrogens with zero attached hydrogens (tertiary/aromatic N) is 2. The number of benzene rings is 1. The van der Waals surface area contributed by atoms with Crippen molar-refractivity contribution in [2.24, 2.45) is 5.73 Å². The van der Waals surface area contributed by atoms with Gasteiger partial charge in [-0.15, -0.1) is 0 Å². The molecule has 3 N–H and O–H groups in total. The normalized spacial score (nSPS) is 9.27. The number of hydrogen-bond donors (Lipinski definition) is 2. The van der Waals surface area contributed by atoms with Crippen LogP contribution in [-0.2, 0) is 0 Å². The van der Waals surface area contributed by atoms with Crippen LogP contribution in [0.5, 0.6) is 0 Å². The molecule has 0 bridgehead atoms. The van der Waals surface area contributed by atoms with E-state index >= 15 is 0 Å². The maximum absolute atomic E-state index is 12.7. The number of aromatic amines is 1. The lowest BCUT2D eigenvalue weighted by molar-refractivity contribution is 0.628.